The highest BCUT2D eigenvalue weighted by molar-refractivity contribution is 5.95. The number of nitro groups is 1. The summed E-state index contributed by atoms with van der Waals surface area (Å²) in [6.07, 6.45) is 0. The zero-order valence-corrected chi connectivity index (χ0v) is 11.9. The van der Waals surface area contributed by atoms with Gasteiger partial charge in [0.15, 0.2) is 0 Å². The van der Waals surface area contributed by atoms with Gasteiger partial charge in [0.1, 0.15) is 11.4 Å². The molecule has 0 spiro atoms. The number of halogens is 2. The molecule has 1 amide bonds. The van der Waals surface area contributed by atoms with Crippen LogP contribution in [0.2, 0.25) is 0 Å². The van der Waals surface area contributed by atoms with Crippen LogP contribution < -0.4 is 0 Å². The van der Waals surface area contributed by atoms with Crippen molar-refractivity contribution in [2.45, 2.75) is 19.9 Å². The lowest BCUT2D eigenvalue weighted by Crippen LogP contribution is -2.41. The van der Waals surface area contributed by atoms with Crippen molar-refractivity contribution in [2.75, 3.05) is 20.3 Å². The van der Waals surface area contributed by atoms with Gasteiger partial charge >= 0.3 is 5.69 Å². The fourth-order valence-corrected chi connectivity index (χ4v) is 2.01. The Labute approximate surface area is 120 Å². The molecule has 1 rings (SSSR count). The van der Waals surface area contributed by atoms with Crippen molar-refractivity contribution in [1.82, 2.24) is 4.90 Å². The van der Waals surface area contributed by atoms with E-state index in [0.717, 1.165) is 0 Å². The standard InChI is InChI=1S/C13H16F2N2O4/c1-4-16(8(2)7-21-3)13(18)11-9(14)5-6-10(12(11)15)17(19)20/h5-6,8H,4,7H2,1-3H3. The number of hydrogen-bond donors (Lipinski definition) is 0. The van der Waals surface area contributed by atoms with Crippen LogP contribution in [0.5, 0.6) is 0 Å². The number of benzene rings is 1. The number of nitrogens with zero attached hydrogens (tertiary/aromatic N) is 2. The summed E-state index contributed by atoms with van der Waals surface area (Å²) in [6.45, 7) is 3.65. The lowest BCUT2D eigenvalue weighted by atomic mass is 10.1. The summed E-state index contributed by atoms with van der Waals surface area (Å²) in [4.78, 5) is 23.1. The van der Waals surface area contributed by atoms with Crippen LogP contribution in [0, 0.1) is 21.7 Å². The molecule has 1 unspecified atom stereocenters. The van der Waals surface area contributed by atoms with Crippen LogP contribution in [0.1, 0.15) is 24.2 Å². The van der Waals surface area contributed by atoms with E-state index in [1.807, 2.05) is 0 Å². The van der Waals surface area contributed by atoms with Gasteiger partial charge in [-0.3, -0.25) is 14.9 Å². The van der Waals surface area contributed by atoms with Crippen molar-refractivity contribution in [2.24, 2.45) is 0 Å². The predicted molar refractivity (Wildman–Crippen MR) is 71.1 cm³/mol. The molecule has 0 saturated heterocycles. The Balaban J connectivity index is 3.28. The molecule has 116 valence electrons. The highest BCUT2D eigenvalue weighted by Gasteiger charge is 2.30. The maximum Gasteiger partial charge on any atom is 0.305 e. The molecule has 0 aliphatic rings. The number of ether oxygens (including phenoxy) is 1. The fraction of sp³-hybridized carbons (Fsp3) is 0.462. The molecule has 0 aliphatic heterocycles. The van der Waals surface area contributed by atoms with Gasteiger partial charge in [-0.2, -0.15) is 4.39 Å². The van der Waals surface area contributed by atoms with E-state index < -0.39 is 39.8 Å². The number of amides is 1. The normalized spacial score (nSPS) is 12.0. The Hall–Kier alpha value is -2.09. The molecular formula is C13H16F2N2O4. The number of rotatable bonds is 6. The van der Waals surface area contributed by atoms with Crippen molar-refractivity contribution < 1.29 is 23.2 Å². The zero-order valence-electron chi connectivity index (χ0n) is 11.9. The number of carbonyl (C=O) groups excluding carboxylic acids is 1. The molecule has 0 fully saturated rings. The third-order valence-electron chi connectivity index (χ3n) is 3.02. The van der Waals surface area contributed by atoms with Crippen molar-refractivity contribution >= 4 is 11.6 Å². The molecule has 0 radical (unpaired) electrons. The SMILES string of the molecule is CCN(C(=O)c1c(F)ccc([N+](=O)[O-])c1F)C(C)COC. The van der Waals surface area contributed by atoms with Crippen LogP contribution in [0.3, 0.4) is 0 Å². The third-order valence-corrected chi connectivity index (χ3v) is 3.02. The van der Waals surface area contributed by atoms with Gasteiger partial charge in [-0.25, -0.2) is 4.39 Å². The van der Waals surface area contributed by atoms with E-state index in [4.69, 9.17) is 4.74 Å². The molecule has 21 heavy (non-hydrogen) atoms. The first kappa shape index (κ1) is 17.0. The second-order valence-electron chi connectivity index (χ2n) is 4.41. The summed E-state index contributed by atoms with van der Waals surface area (Å²) >= 11 is 0. The summed E-state index contributed by atoms with van der Waals surface area (Å²) < 4.78 is 32.7. The summed E-state index contributed by atoms with van der Waals surface area (Å²) in [5.41, 5.74) is -1.86. The van der Waals surface area contributed by atoms with Crippen LogP contribution in [0.25, 0.3) is 0 Å². The number of hydrogen-bond acceptors (Lipinski definition) is 4. The molecule has 0 N–H and O–H groups in total. The maximum absolute atomic E-state index is 14.0. The van der Waals surface area contributed by atoms with Crippen LogP contribution in [0.4, 0.5) is 14.5 Å². The van der Waals surface area contributed by atoms with Gasteiger partial charge in [-0.15, -0.1) is 0 Å². The number of methoxy groups -OCH3 is 1. The first-order valence-corrected chi connectivity index (χ1v) is 6.27. The quantitative estimate of drug-likeness (QED) is 0.597. The van der Waals surface area contributed by atoms with Gasteiger partial charge < -0.3 is 9.64 Å². The van der Waals surface area contributed by atoms with Crippen molar-refractivity contribution in [3.05, 3.63) is 39.4 Å². The summed E-state index contributed by atoms with van der Waals surface area (Å²) in [7, 11) is 1.43. The molecule has 8 heteroatoms. The van der Waals surface area contributed by atoms with Gasteiger partial charge in [0, 0.05) is 19.7 Å². The monoisotopic (exact) mass is 302 g/mol. The molecule has 0 heterocycles. The van der Waals surface area contributed by atoms with E-state index >= 15 is 0 Å². The number of likely N-dealkylation sites (N-methyl/N-ethyl adjacent to an activating group) is 1. The highest BCUT2D eigenvalue weighted by atomic mass is 19.1. The Morgan fingerprint density at radius 3 is 2.57 bits per heavy atom. The van der Waals surface area contributed by atoms with Crippen LogP contribution in [0.15, 0.2) is 12.1 Å². The van der Waals surface area contributed by atoms with Gasteiger partial charge in [0.05, 0.1) is 17.6 Å². The van der Waals surface area contributed by atoms with E-state index in [9.17, 15) is 23.7 Å². The summed E-state index contributed by atoms with van der Waals surface area (Å²) in [5.74, 6) is -3.54. The minimum atomic E-state index is -1.46. The minimum Gasteiger partial charge on any atom is -0.383 e. The van der Waals surface area contributed by atoms with Gasteiger partial charge in [-0.05, 0) is 19.9 Å². The van der Waals surface area contributed by atoms with Crippen molar-refractivity contribution in [1.29, 1.82) is 0 Å². The molecule has 6 nitrogen and oxygen atoms in total. The lowest BCUT2D eigenvalue weighted by Gasteiger charge is -2.27. The van der Waals surface area contributed by atoms with Gasteiger partial charge in [0.2, 0.25) is 5.82 Å². The van der Waals surface area contributed by atoms with Gasteiger partial charge in [0.25, 0.3) is 5.91 Å². The fourth-order valence-electron chi connectivity index (χ4n) is 2.01. The molecule has 1 aromatic rings. The molecule has 0 bridgehead atoms. The molecular weight excluding hydrogens is 286 g/mol. The van der Waals surface area contributed by atoms with E-state index in [-0.39, 0.29) is 13.2 Å². The summed E-state index contributed by atoms with van der Waals surface area (Å²) in [5, 5.41) is 10.7. The first-order valence-electron chi connectivity index (χ1n) is 6.27. The molecule has 1 atom stereocenters. The molecule has 0 saturated carbocycles. The van der Waals surface area contributed by atoms with Gasteiger partial charge in [-0.1, -0.05) is 0 Å². The van der Waals surface area contributed by atoms with E-state index in [1.165, 1.54) is 12.0 Å². The highest BCUT2D eigenvalue weighted by Crippen LogP contribution is 2.24. The average Bonchev–Trinajstić information content (AvgIpc) is 2.39. The van der Waals surface area contributed by atoms with Crippen LogP contribution in [-0.2, 0) is 4.74 Å². The van der Waals surface area contributed by atoms with Crippen molar-refractivity contribution in [3.8, 4) is 0 Å². The van der Waals surface area contributed by atoms with E-state index in [2.05, 4.69) is 0 Å². The summed E-state index contributed by atoms with van der Waals surface area (Å²) in [6, 6.07) is 0.977. The first-order chi connectivity index (χ1) is 9.84. The van der Waals surface area contributed by atoms with Crippen LogP contribution >= 0.6 is 0 Å². The lowest BCUT2D eigenvalue weighted by molar-refractivity contribution is -0.387. The number of nitro benzene ring substituents is 1. The van der Waals surface area contributed by atoms with Crippen molar-refractivity contribution in [3.63, 3.8) is 0 Å². The zero-order chi connectivity index (χ0) is 16.2. The van der Waals surface area contributed by atoms with E-state index in [0.29, 0.717) is 12.1 Å². The Bertz CT molecular complexity index is 551. The Kier molecular flexibility index (Phi) is 5.71. The topological polar surface area (TPSA) is 72.7 Å². The van der Waals surface area contributed by atoms with Crippen LogP contribution in [-0.4, -0.2) is 42.0 Å². The Morgan fingerprint density at radius 1 is 1.48 bits per heavy atom. The molecule has 0 aromatic heterocycles. The second kappa shape index (κ2) is 7.07. The smallest absolute Gasteiger partial charge is 0.305 e. The maximum atomic E-state index is 14.0. The second-order valence-corrected chi connectivity index (χ2v) is 4.41. The molecule has 0 aliphatic carbocycles. The number of carbonyl (C=O) groups is 1. The molecule has 1 aromatic carbocycles. The Morgan fingerprint density at radius 2 is 2.10 bits per heavy atom. The largest absolute Gasteiger partial charge is 0.383 e. The third kappa shape index (κ3) is 3.52. The average molecular weight is 302 g/mol. The van der Waals surface area contributed by atoms with E-state index in [1.54, 1.807) is 13.8 Å². The minimum absolute atomic E-state index is 0.178. The predicted octanol–water partition coefficient (Wildman–Crippen LogP) is 2.37.